The van der Waals surface area contributed by atoms with Crippen molar-refractivity contribution in [2.24, 2.45) is 0 Å². The largest absolute Gasteiger partial charge is 0.493 e. The third-order valence-electron chi connectivity index (χ3n) is 3.70. The molecule has 0 spiro atoms. The second kappa shape index (κ2) is 9.57. The molecular weight excluding hydrogens is 316 g/mol. The molecule has 0 radical (unpaired) electrons. The summed E-state index contributed by atoms with van der Waals surface area (Å²) in [4.78, 5) is 12.0. The van der Waals surface area contributed by atoms with E-state index >= 15 is 0 Å². The Morgan fingerprint density at radius 2 is 1.72 bits per heavy atom. The summed E-state index contributed by atoms with van der Waals surface area (Å²) in [5.41, 5.74) is 2.91. The van der Waals surface area contributed by atoms with E-state index in [9.17, 15) is 4.79 Å². The van der Waals surface area contributed by atoms with Crippen LogP contribution < -0.4 is 20.1 Å². The van der Waals surface area contributed by atoms with Crippen molar-refractivity contribution in [3.63, 3.8) is 0 Å². The van der Waals surface area contributed by atoms with E-state index in [1.807, 2.05) is 63.2 Å². The Balaban J connectivity index is 1.72. The molecule has 0 heterocycles. The Morgan fingerprint density at radius 1 is 1.00 bits per heavy atom. The highest BCUT2D eigenvalue weighted by atomic mass is 16.5. The van der Waals surface area contributed by atoms with Gasteiger partial charge >= 0.3 is 6.03 Å². The number of para-hydroxylation sites is 3. The van der Waals surface area contributed by atoms with E-state index in [-0.39, 0.29) is 6.03 Å². The van der Waals surface area contributed by atoms with Gasteiger partial charge in [0.1, 0.15) is 11.5 Å². The second-order valence-electron chi connectivity index (χ2n) is 5.73. The fourth-order valence-corrected chi connectivity index (χ4v) is 2.49. The van der Waals surface area contributed by atoms with Gasteiger partial charge in [-0.3, -0.25) is 0 Å². The van der Waals surface area contributed by atoms with E-state index in [2.05, 4.69) is 10.6 Å². The summed E-state index contributed by atoms with van der Waals surface area (Å²) in [7, 11) is 0. The van der Waals surface area contributed by atoms with E-state index in [4.69, 9.17) is 9.47 Å². The summed E-state index contributed by atoms with van der Waals surface area (Å²) in [6, 6.07) is 13.2. The molecule has 5 heteroatoms. The Hall–Kier alpha value is -2.69. The smallest absolute Gasteiger partial charge is 0.319 e. The van der Waals surface area contributed by atoms with Gasteiger partial charge in [0, 0.05) is 6.54 Å². The number of hydrogen-bond acceptors (Lipinski definition) is 3. The van der Waals surface area contributed by atoms with Gasteiger partial charge in [0.25, 0.3) is 0 Å². The van der Waals surface area contributed by atoms with Crippen molar-refractivity contribution in [3.05, 3.63) is 53.6 Å². The lowest BCUT2D eigenvalue weighted by Gasteiger charge is -2.13. The molecule has 5 nitrogen and oxygen atoms in total. The first-order valence-electron chi connectivity index (χ1n) is 8.57. The molecule has 2 N–H and O–H groups in total. The molecule has 0 saturated heterocycles. The molecule has 134 valence electrons. The molecule has 0 atom stereocenters. The lowest BCUT2D eigenvalue weighted by Crippen LogP contribution is -2.30. The molecule has 2 aromatic rings. The van der Waals surface area contributed by atoms with E-state index < -0.39 is 0 Å². The maximum atomic E-state index is 12.0. The van der Waals surface area contributed by atoms with Gasteiger partial charge in [-0.05, 0) is 50.5 Å². The standard InChI is InChI=1S/C20H26N2O3/c1-4-24-18-12-6-5-11-17(18)22-20(23)21-13-8-14-25-19-15(2)9-7-10-16(19)3/h5-7,9-12H,4,8,13-14H2,1-3H3,(H2,21,22,23). The average Bonchev–Trinajstić information content (AvgIpc) is 2.59. The number of amides is 2. The highest BCUT2D eigenvalue weighted by molar-refractivity contribution is 5.90. The first kappa shape index (κ1) is 18.6. The summed E-state index contributed by atoms with van der Waals surface area (Å²) >= 11 is 0. The molecule has 0 aliphatic carbocycles. The van der Waals surface area contributed by atoms with Crippen molar-refractivity contribution < 1.29 is 14.3 Å². The third kappa shape index (κ3) is 5.71. The van der Waals surface area contributed by atoms with Crippen LogP contribution in [0, 0.1) is 13.8 Å². The summed E-state index contributed by atoms with van der Waals surface area (Å²) in [6.45, 7) is 7.62. The maximum Gasteiger partial charge on any atom is 0.319 e. The molecule has 2 rings (SSSR count). The van der Waals surface area contributed by atoms with Crippen molar-refractivity contribution in [2.75, 3.05) is 25.1 Å². The highest BCUT2D eigenvalue weighted by Gasteiger charge is 2.07. The fourth-order valence-electron chi connectivity index (χ4n) is 2.49. The molecule has 0 aliphatic heterocycles. The zero-order valence-corrected chi connectivity index (χ0v) is 15.1. The number of ether oxygens (including phenoxy) is 2. The van der Waals surface area contributed by atoms with Gasteiger partial charge in [-0.15, -0.1) is 0 Å². The minimum Gasteiger partial charge on any atom is -0.493 e. The minimum atomic E-state index is -0.251. The normalized spacial score (nSPS) is 10.2. The summed E-state index contributed by atoms with van der Waals surface area (Å²) < 4.78 is 11.3. The monoisotopic (exact) mass is 342 g/mol. The summed E-state index contributed by atoms with van der Waals surface area (Å²) in [6.07, 6.45) is 0.730. The van der Waals surface area contributed by atoms with Crippen LogP contribution in [0.4, 0.5) is 10.5 Å². The summed E-state index contributed by atoms with van der Waals surface area (Å²) in [5.74, 6) is 1.59. The second-order valence-corrected chi connectivity index (χ2v) is 5.73. The average molecular weight is 342 g/mol. The lowest BCUT2D eigenvalue weighted by atomic mass is 10.1. The van der Waals surface area contributed by atoms with Gasteiger partial charge in [0.15, 0.2) is 0 Å². The molecule has 0 aromatic heterocycles. The predicted octanol–water partition coefficient (Wildman–Crippen LogP) is 4.29. The van der Waals surface area contributed by atoms with Crippen molar-refractivity contribution >= 4 is 11.7 Å². The van der Waals surface area contributed by atoms with Crippen molar-refractivity contribution in [1.82, 2.24) is 5.32 Å². The van der Waals surface area contributed by atoms with Gasteiger partial charge in [0.05, 0.1) is 18.9 Å². The van der Waals surface area contributed by atoms with Crippen LogP contribution in [0.15, 0.2) is 42.5 Å². The van der Waals surface area contributed by atoms with Gasteiger partial charge in [0.2, 0.25) is 0 Å². The van der Waals surface area contributed by atoms with Gasteiger partial charge in [-0.25, -0.2) is 4.79 Å². The van der Waals surface area contributed by atoms with Gasteiger partial charge in [-0.1, -0.05) is 30.3 Å². The number of nitrogens with one attached hydrogen (secondary N) is 2. The first-order valence-corrected chi connectivity index (χ1v) is 8.57. The minimum absolute atomic E-state index is 0.251. The fraction of sp³-hybridized carbons (Fsp3) is 0.350. The summed E-state index contributed by atoms with van der Waals surface area (Å²) in [5, 5.41) is 5.64. The van der Waals surface area contributed by atoms with E-state index in [1.54, 1.807) is 0 Å². The van der Waals surface area contributed by atoms with Crippen LogP contribution in [0.3, 0.4) is 0 Å². The third-order valence-corrected chi connectivity index (χ3v) is 3.70. The van der Waals surface area contributed by atoms with Crippen LogP contribution in [0.2, 0.25) is 0 Å². The van der Waals surface area contributed by atoms with E-state index in [1.165, 1.54) is 0 Å². The van der Waals surface area contributed by atoms with Crippen molar-refractivity contribution in [1.29, 1.82) is 0 Å². The number of carbonyl (C=O) groups is 1. The quantitative estimate of drug-likeness (QED) is 0.704. The maximum absolute atomic E-state index is 12.0. The van der Waals surface area contributed by atoms with E-state index in [0.29, 0.717) is 31.2 Å². The Morgan fingerprint density at radius 3 is 2.44 bits per heavy atom. The lowest BCUT2D eigenvalue weighted by molar-refractivity contribution is 0.249. The van der Waals surface area contributed by atoms with Crippen molar-refractivity contribution in [3.8, 4) is 11.5 Å². The number of aryl methyl sites for hydroxylation is 2. The molecule has 0 fully saturated rings. The molecule has 2 aromatic carbocycles. The molecule has 0 bridgehead atoms. The Labute approximate surface area is 149 Å². The van der Waals surface area contributed by atoms with Crippen LogP contribution in [0.25, 0.3) is 0 Å². The van der Waals surface area contributed by atoms with Crippen LogP contribution in [0.1, 0.15) is 24.5 Å². The number of rotatable bonds is 8. The number of anilines is 1. The molecule has 25 heavy (non-hydrogen) atoms. The van der Waals surface area contributed by atoms with Crippen LogP contribution in [-0.2, 0) is 0 Å². The topological polar surface area (TPSA) is 59.6 Å². The molecule has 0 aliphatic rings. The number of urea groups is 1. The van der Waals surface area contributed by atoms with Gasteiger partial charge in [-0.2, -0.15) is 0 Å². The zero-order valence-electron chi connectivity index (χ0n) is 15.1. The Bertz CT molecular complexity index is 681. The SMILES string of the molecule is CCOc1ccccc1NC(=O)NCCCOc1c(C)cccc1C. The number of benzene rings is 2. The van der Waals surface area contributed by atoms with Crippen LogP contribution in [-0.4, -0.2) is 25.8 Å². The molecular formula is C20H26N2O3. The van der Waals surface area contributed by atoms with Crippen LogP contribution in [0.5, 0.6) is 11.5 Å². The zero-order chi connectivity index (χ0) is 18.1. The van der Waals surface area contributed by atoms with E-state index in [0.717, 1.165) is 23.3 Å². The molecule has 2 amide bonds. The van der Waals surface area contributed by atoms with Crippen LogP contribution >= 0.6 is 0 Å². The molecule has 0 unspecified atom stereocenters. The number of carbonyl (C=O) groups excluding carboxylic acids is 1. The number of hydrogen-bond donors (Lipinski definition) is 2. The highest BCUT2D eigenvalue weighted by Crippen LogP contribution is 2.23. The van der Waals surface area contributed by atoms with Gasteiger partial charge < -0.3 is 20.1 Å². The Kier molecular flexibility index (Phi) is 7.14. The predicted molar refractivity (Wildman–Crippen MR) is 101 cm³/mol. The van der Waals surface area contributed by atoms with Crippen molar-refractivity contribution in [2.45, 2.75) is 27.2 Å². The first-order chi connectivity index (χ1) is 12.1. The molecule has 0 saturated carbocycles.